The van der Waals surface area contributed by atoms with Crippen LogP contribution in [0, 0.1) is 6.92 Å². The predicted molar refractivity (Wildman–Crippen MR) is 109 cm³/mol. The van der Waals surface area contributed by atoms with E-state index in [-0.39, 0.29) is 17.1 Å². The molecule has 1 aliphatic heterocycles. The lowest BCUT2D eigenvalue weighted by Crippen LogP contribution is -2.54. The number of ether oxygens (including phenoxy) is 1. The smallest absolute Gasteiger partial charge is 0.335 e. The minimum absolute atomic E-state index is 0.0364. The molecule has 2 aromatic carbocycles. The van der Waals surface area contributed by atoms with Gasteiger partial charge in [-0.05, 0) is 48.7 Å². The summed E-state index contributed by atoms with van der Waals surface area (Å²) in [6.45, 7) is 5.42. The molecule has 7 nitrogen and oxygen atoms in total. The number of aryl methyl sites for hydroxylation is 1. The van der Waals surface area contributed by atoms with Crippen LogP contribution >= 0.6 is 0 Å². The monoisotopic (exact) mass is 392 g/mol. The maximum absolute atomic E-state index is 13.0. The lowest BCUT2D eigenvalue weighted by atomic mass is 10.0. The van der Waals surface area contributed by atoms with Crippen molar-refractivity contribution in [2.24, 2.45) is 0 Å². The van der Waals surface area contributed by atoms with Crippen molar-refractivity contribution < 1.29 is 24.2 Å². The summed E-state index contributed by atoms with van der Waals surface area (Å²) in [7, 11) is 1.40. The molecule has 0 saturated carbocycles. The number of aromatic hydroxyl groups is 1. The fourth-order valence-corrected chi connectivity index (χ4v) is 3.10. The molecule has 0 atom stereocenters. The Bertz CT molecular complexity index is 1060. The van der Waals surface area contributed by atoms with Crippen LogP contribution in [0.5, 0.6) is 11.5 Å². The van der Waals surface area contributed by atoms with E-state index in [0.717, 1.165) is 4.90 Å². The van der Waals surface area contributed by atoms with Gasteiger partial charge < -0.3 is 9.84 Å². The number of phenols is 1. The number of carbonyl (C=O) groups excluding carboxylic acids is 3. The largest absolute Gasteiger partial charge is 0.504 e. The quantitative estimate of drug-likeness (QED) is 0.463. The van der Waals surface area contributed by atoms with Gasteiger partial charge in [0.2, 0.25) is 0 Å². The Labute approximate surface area is 167 Å². The van der Waals surface area contributed by atoms with Crippen molar-refractivity contribution in [1.29, 1.82) is 0 Å². The van der Waals surface area contributed by atoms with Gasteiger partial charge in [-0.1, -0.05) is 24.3 Å². The third-order valence-corrected chi connectivity index (χ3v) is 4.53. The van der Waals surface area contributed by atoms with Gasteiger partial charge >= 0.3 is 6.03 Å². The van der Waals surface area contributed by atoms with Gasteiger partial charge in [-0.2, -0.15) is 0 Å². The SMILES string of the molecule is C=CCc1cc(/C=C2\C(=O)NC(=O)N(c3ccccc3C)C2=O)cc(OC)c1O. The molecule has 29 heavy (non-hydrogen) atoms. The van der Waals surface area contributed by atoms with E-state index in [4.69, 9.17) is 4.74 Å². The highest BCUT2D eigenvalue weighted by Crippen LogP contribution is 2.33. The number of para-hydroxylation sites is 1. The number of methoxy groups -OCH3 is 1. The summed E-state index contributed by atoms with van der Waals surface area (Å²) in [5, 5.41) is 12.4. The number of carbonyl (C=O) groups is 3. The highest BCUT2D eigenvalue weighted by molar-refractivity contribution is 6.39. The zero-order valence-corrected chi connectivity index (χ0v) is 16.1. The average molecular weight is 392 g/mol. The van der Waals surface area contributed by atoms with Crippen molar-refractivity contribution in [3.63, 3.8) is 0 Å². The molecule has 1 aliphatic rings. The zero-order chi connectivity index (χ0) is 21.1. The molecule has 3 rings (SSSR count). The summed E-state index contributed by atoms with van der Waals surface area (Å²) in [4.78, 5) is 38.7. The topological polar surface area (TPSA) is 95.9 Å². The first-order chi connectivity index (χ1) is 13.9. The molecule has 0 bridgehead atoms. The van der Waals surface area contributed by atoms with E-state index in [0.29, 0.717) is 28.8 Å². The van der Waals surface area contributed by atoms with Gasteiger partial charge in [-0.15, -0.1) is 6.58 Å². The Morgan fingerprint density at radius 3 is 2.59 bits per heavy atom. The second-order valence-electron chi connectivity index (χ2n) is 6.47. The number of anilines is 1. The third kappa shape index (κ3) is 3.75. The summed E-state index contributed by atoms with van der Waals surface area (Å²) in [5.74, 6) is -1.36. The number of nitrogens with one attached hydrogen (secondary N) is 1. The molecule has 1 saturated heterocycles. The van der Waals surface area contributed by atoms with Gasteiger partial charge in [0.15, 0.2) is 11.5 Å². The number of urea groups is 1. The van der Waals surface area contributed by atoms with Crippen molar-refractivity contribution in [3.8, 4) is 11.5 Å². The number of benzene rings is 2. The van der Waals surface area contributed by atoms with Crippen LogP contribution in [0.2, 0.25) is 0 Å². The zero-order valence-electron chi connectivity index (χ0n) is 16.1. The van der Waals surface area contributed by atoms with Crippen molar-refractivity contribution in [3.05, 3.63) is 71.3 Å². The normalized spacial score (nSPS) is 15.4. The second kappa shape index (κ2) is 8.02. The minimum atomic E-state index is -0.804. The number of phenolic OH excluding ortho intramolecular Hbond substituents is 1. The summed E-state index contributed by atoms with van der Waals surface area (Å²) in [6, 6.07) is 9.22. The van der Waals surface area contributed by atoms with Crippen molar-refractivity contribution in [2.45, 2.75) is 13.3 Å². The Hall–Kier alpha value is -3.87. The Morgan fingerprint density at radius 2 is 1.93 bits per heavy atom. The number of hydrogen-bond acceptors (Lipinski definition) is 5. The van der Waals surface area contributed by atoms with Crippen molar-refractivity contribution in [1.82, 2.24) is 5.32 Å². The summed E-state index contributed by atoms with van der Waals surface area (Å²) in [6.07, 6.45) is 3.35. The van der Waals surface area contributed by atoms with E-state index in [1.54, 1.807) is 43.3 Å². The molecule has 4 amide bonds. The van der Waals surface area contributed by atoms with Crippen LogP contribution in [0.3, 0.4) is 0 Å². The summed E-state index contributed by atoms with van der Waals surface area (Å²) in [5.41, 5.74) is 1.90. The van der Waals surface area contributed by atoms with E-state index >= 15 is 0 Å². The molecule has 148 valence electrons. The van der Waals surface area contributed by atoms with Crippen molar-refractivity contribution in [2.75, 3.05) is 12.0 Å². The molecule has 0 unspecified atom stereocenters. The van der Waals surface area contributed by atoms with E-state index in [2.05, 4.69) is 11.9 Å². The standard InChI is InChI=1S/C22H20N2O5/c1-4-7-15-10-14(12-18(29-3)19(15)25)11-16-20(26)23-22(28)24(21(16)27)17-9-6-5-8-13(17)2/h4-6,8-12,25H,1,7H2,2-3H3,(H,23,26,28)/b16-11+. The van der Waals surface area contributed by atoms with E-state index in [1.165, 1.54) is 19.3 Å². The van der Waals surface area contributed by atoms with Crippen molar-refractivity contribution >= 4 is 29.6 Å². The number of imide groups is 2. The highest BCUT2D eigenvalue weighted by Gasteiger charge is 2.37. The Balaban J connectivity index is 2.09. The van der Waals surface area contributed by atoms with Gasteiger partial charge in [0.05, 0.1) is 12.8 Å². The Kier molecular flexibility index (Phi) is 5.50. The van der Waals surface area contributed by atoms with Crippen LogP contribution in [0.25, 0.3) is 6.08 Å². The molecule has 7 heteroatoms. The maximum Gasteiger partial charge on any atom is 0.335 e. The lowest BCUT2D eigenvalue weighted by molar-refractivity contribution is -0.122. The van der Waals surface area contributed by atoms with E-state index < -0.39 is 17.8 Å². The number of barbiturate groups is 1. The van der Waals surface area contributed by atoms with Gasteiger partial charge in [0, 0.05) is 5.56 Å². The number of allylic oxidation sites excluding steroid dienone is 1. The lowest BCUT2D eigenvalue weighted by Gasteiger charge is -2.27. The molecule has 2 N–H and O–H groups in total. The fourth-order valence-electron chi connectivity index (χ4n) is 3.10. The van der Waals surface area contributed by atoms with Crippen LogP contribution < -0.4 is 15.0 Å². The molecule has 0 aliphatic carbocycles. The molecule has 2 aromatic rings. The van der Waals surface area contributed by atoms with Gasteiger partial charge in [-0.25, -0.2) is 9.69 Å². The summed E-state index contributed by atoms with van der Waals surface area (Å²) >= 11 is 0. The first-order valence-corrected chi connectivity index (χ1v) is 8.85. The predicted octanol–water partition coefficient (Wildman–Crippen LogP) is 3.10. The summed E-state index contributed by atoms with van der Waals surface area (Å²) < 4.78 is 5.18. The fraction of sp³-hybridized carbons (Fsp3) is 0.136. The first kappa shape index (κ1) is 19.9. The first-order valence-electron chi connectivity index (χ1n) is 8.85. The molecule has 0 radical (unpaired) electrons. The molecule has 0 aromatic heterocycles. The second-order valence-corrected chi connectivity index (χ2v) is 6.47. The van der Waals surface area contributed by atoms with Gasteiger partial charge in [0.1, 0.15) is 5.57 Å². The van der Waals surface area contributed by atoms with E-state index in [9.17, 15) is 19.5 Å². The third-order valence-electron chi connectivity index (χ3n) is 4.53. The molecule has 1 heterocycles. The van der Waals surface area contributed by atoms with E-state index in [1.807, 2.05) is 0 Å². The number of nitrogens with zero attached hydrogens (tertiary/aromatic N) is 1. The number of hydrogen-bond donors (Lipinski definition) is 2. The van der Waals surface area contributed by atoms with Gasteiger partial charge in [0.25, 0.3) is 11.8 Å². The van der Waals surface area contributed by atoms with Crippen LogP contribution in [-0.2, 0) is 16.0 Å². The Morgan fingerprint density at radius 1 is 1.21 bits per heavy atom. The number of rotatable bonds is 5. The van der Waals surface area contributed by atoms with Crippen LogP contribution in [0.15, 0.2) is 54.6 Å². The number of amides is 4. The highest BCUT2D eigenvalue weighted by atomic mass is 16.5. The molecular formula is C22H20N2O5. The average Bonchev–Trinajstić information content (AvgIpc) is 2.68. The van der Waals surface area contributed by atoms with Gasteiger partial charge in [-0.3, -0.25) is 14.9 Å². The minimum Gasteiger partial charge on any atom is -0.504 e. The molecular weight excluding hydrogens is 372 g/mol. The van der Waals surface area contributed by atoms with Crippen LogP contribution in [-0.4, -0.2) is 30.1 Å². The maximum atomic E-state index is 13.0. The molecule has 0 spiro atoms. The van der Waals surface area contributed by atoms with Crippen LogP contribution in [0.4, 0.5) is 10.5 Å². The molecule has 1 fully saturated rings. The van der Waals surface area contributed by atoms with Crippen LogP contribution in [0.1, 0.15) is 16.7 Å².